The fraction of sp³-hybridized carbons (Fsp3) is 0.357. The van der Waals surface area contributed by atoms with Gasteiger partial charge in [-0.05, 0) is 24.6 Å². The van der Waals surface area contributed by atoms with Crippen LogP contribution in [0.25, 0.3) is 15.3 Å². The second-order valence-corrected chi connectivity index (χ2v) is 6.09. The molecular formula is C14H17N5S. The Bertz CT molecular complexity index is 667. The first kappa shape index (κ1) is 13.2. The molecule has 0 radical (unpaired) electrons. The van der Waals surface area contributed by atoms with E-state index in [4.69, 9.17) is 0 Å². The Labute approximate surface area is 121 Å². The number of rotatable bonds is 5. The summed E-state index contributed by atoms with van der Waals surface area (Å²) in [5, 5.41) is 8.54. The van der Waals surface area contributed by atoms with Gasteiger partial charge in [0.05, 0.1) is 16.8 Å². The van der Waals surface area contributed by atoms with Crippen molar-refractivity contribution in [1.29, 1.82) is 0 Å². The number of nitrogens with one attached hydrogen (secondary N) is 1. The Morgan fingerprint density at radius 2 is 2.15 bits per heavy atom. The summed E-state index contributed by atoms with van der Waals surface area (Å²) in [6, 6.07) is 8.11. The van der Waals surface area contributed by atoms with Gasteiger partial charge in [0.25, 0.3) is 0 Å². The fourth-order valence-corrected chi connectivity index (χ4v) is 2.91. The van der Waals surface area contributed by atoms with Gasteiger partial charge < -0.3 is 5.32 Å². The van der Waals surface area contributed by atoms with Crippen molar-refractivity contribution in [3.05, 3.63) is 36.4 Å². The molecule has 0 aliphatic heterocycles. The Hall–Kier alpha value is -1.79. The van der Waals surface area contributed by atoms with Crippen LogP contribution in [0.5, 0.6) is 0 Å². The smallest absolute Gasteiger partial charge is 0.213 e. The molecular weight excluding hydrogens is 270 g/mol. The number of hydrogen-bond donors (Lipinski definition) is 1. The minimum Gasteiger partial charge on any atom is -0.310 e. The van der Waals surface area contributed by atoms with Crippen LogP contribution in [-0.2, 0) is 6.54 Å². The lowest BCUT2D eigenvalue weighted by atomic mass is 10.2. The van der Waals surface area contributed by atoms with Crippen molar-refractivity contribution in [3.8, 4) is 5.13 Å². The normalized spacial score (nSPS) is 11.6. The molecule has 1 N–H and O–H groups in total. The van der Waals surface area contributed by atoms with E-state index in [1.807, 2.05) is 22.9 Å². The highest BCUT2D eigenvalue weighted by Crippen LogP contribution is 2.24. The summed E-state index contributed by atoms with van der Waals surface area (Å²) in [4.78, 5) is 8.93. The molecule has 0 saturated carbocycles. The van der Waals surface area contributed by atoms with Crippen LogP contribution in [0.3, 0.4) is 0 Å². The first-order valence-corrected chi connectivity index (χ1v) is 7.51. The first-order chi connectivity index (χ1) is 9.74. The van der Waals surface area contributed by atoms with Gasteiger partial charge in [0.2, 0.25) is 5.13 Å². The Morgan fingerprint density at radius 1 is 1.30 bits per heavy atom. The second kappa shape index (κ2) is 5.68. The van der Waals surface area contributed by atoms with Crippen molar-refractivity contribution >= 4 is 21.6 Å². The second-order valence-electron chi connectivity index (χ2n) is 5.08. The van der Waals surface area contributed by atoms with Crippen LogP contribution in [0, 0.1) is 5.92 Å². The van der Waals surface area contributed by atoms with Gasteiger partial charge in [0.1, 0.15) is 12.2 Å². The molecule has 104 valence electrons. The molecule has 3 aromatic rings. The molecule has 0 spiro atoms. The van der Waals surface area contributed by atoms with Gasteiger partial charge >= 0.3 is 0 Å². The average molecular weight is 287 g/mol. The zero-order valence-electron chi connectivity index (χ0n) is 11.6. The minimum atomic E-state index is 0.619. The molecule has 0 bridgehead atoms. The Kier molecular flexibility index (Phi) is 3.75. The van der Waals surface area contributed by atoms with E-state index in [2.05, 4.69) is 40.3 Å². The molecule has 20 heavy (non-hydrogen) atoms. The van der Waals surface area contributed by atoms with Gasteiger partial charge in [-0.1, -0.05) is 37.3 Å². The van der Waals surface area contributed by atoms with Gasteiger partial charge in [-0.3, -0.25) is 0 Å². The van der Waals surface area contributed by atoms with Crippen molar-refractivity contribution in [2.45, 2.75) is 20.4 Å². The van der Waals surface area contributed by atoms with Gasteiger partial charge in [0.15, 0.2) is 0 Å². The molecule has 2 aromatic heterocycles. The van der Waals surface area contributed by atoms with Crippen LogP contribution in [-0.4, -0.2) is 26.3 Å². The summed E-state index contributed by atoms with van der Waals surface area (Å²) in [5.41, 5.74) is 1.00. The van der Waals surface area contributed by atoms with Crippen LogP contribution < -0.4 is 5.32 Å². The third kappa shape index (κ3) is 2.71. The van der Waals surface area contributed by atoms with E-state index in [1.54, 1.807) is 17.7 Å². The van der Waals surface area contributed by atoms with Gasteiger partial charge in [0, 0.05) is 0 Å². The molecule has 0 amide bonds. The van der Waals surface area contributed by atoms with Crippen molar-refractivity contribution in [1.82, 2.24) is 25.1 Å². The van der Waals surface area contributed by atoms with Crippen LogP contribution in [0.15, 0.2) is 30.6 Å². The molecule has 3 rings (SSSR count). The Balaban J connectivity index is 1.85. The highest BCUT2D eigenvalue weighted by Gasteiger charge is 2.11. The topological polar surface area (TPSA) is 55.6 Å². The summed E-state index contributed by atoms with van der Waals surface area (Å²) in [7, 11) is 0. The quantitative estimate of drug-likeness (QED) is 0.783. The van der Waals surface area contributed by atoms with E-state index in [0.717, 1.165) is 23.0 Å². The SMILES string of the molecule is CC(C)CNCc1ncnn1-c1nc2ccccc2s1. The van der Waals surface area contributed by atoms with Crippen LogP contribution in [0.2, 0.25) is 0 Å². The molecule has 6 heteroatoms. The van der Waals surface area contributed by atoms with Crippen molar-refractivity contribution in [3.63, 3.8) is 0 Å². The lowest BCUT2D eigenvalue weighted by Gasteiger charge is -2.06. The maximum Gasteiger partial charge on any atom is 0.213 e. The third-order valence-electron chi connectivity index (χ3n) is 2.92. The van der Waals surface area contributed by atoms with Crippen LogP contribution >= 0.6 is 11.3 Å². The van der Waals surface area contributed by atoms with Crippen LogP contribution in [0.4, 0.5) is 0 Å². The minimum absolute atomic E-state index is 0.619. The van der Waals surface area contributed by atoms with E-state index >= 15 is 0 Å². The zero-order valence-corrected chi connectivity index (χ0v) is 12.4. The largest absolute Gasteiger partial charge is 0.310 e. The number of aromatic nitrogens is 4. The van der Waals surface area contributed by atoms with E-state index in [9.17, 15) is 0 Å². The molecule has 2 heterocycles. The predicted octanol–water partition coefficient (Wildman–Crippen LogP) is 2.62. The molecule has 1 aromatic carbocycles. The molecule has 0 atom stereocenters. The highest BCUT2D eigenvalue weighted by molar-refractivity contribution is 7.20. The van der Waals surface area contributed by atoms with E-state index in [-0.39, 0.29) is 0 Å². The summed E-state index contributed by atoms with van der Waals surface area (Å²) < 4.78 is 2.98. The van der Waals surface area contributed by atoms with Gasteiger partial charge in [-0.15, -0.1) is 0 Å². The summed E-state index contributed by atoms with van der Waals surface area (Å²) >= 11 is 1.63. The molecule has 0 unspecified atom stereocenters. The van der Waals surface area contributed by atoms with E-state index < -0.39 is 0 Å². The number of hydrogen-bond acceptors (Lipinski definition) is 5. The molecule has 0 saturated heterocycles. The molecule has 0 fully saturated rings. The van der Waals surface area contributed by atoms with E-state index in [0.29, 0.717) is 12.5 Å². The predicted molar refractivity (Wildman–Crippen MR) is 81.1 cm³/mol. The highest BCUT2D eigenvalue weighted by atomic mass is 32.1. The van der Waals surface area contributed by atoms with Crippen molar-refractivity contribution in [2.75, 3.05) is 6.54 Å². The fourth-order valence-electron chi connectivity index (χ4n) is 1.97. The zero-order chi connectivity index (χ0) is 13.9. The standard InChI is InChI=1S/C14H17N5S/c1-10(2)7-15-8-13-16-9-17-19(13)14-18-11-5-3-4-6-12(11)20-14/h3-6,9-10,15H,7-8H2,1-2H3. The van der Waals surface area contributed by atoms with Crippen molar-refractivity contribution in [2.24, 2.45) is 5.92 Å². The third-order valence-corrected chi connectivity index (χ3v) is 3.93. The first-order valence-electron chi connectivity index (χ1n) is 6.69. The number of nitrogens with zero attached hydrogens (tertiary/aromatic N) is 4. The maximum absolute atomic E-state index is 4.61. The summed E-state index contributed by atoms with van der Waals surface area (Å²) in [5.74, 6) is 1.51. The number of para-hydroxylation sites is 1. The van der Waals surface area contributed by atoms with Crippen molar-refractivity contribution < 1.29 is 0 Å². The van der Waals surface area contributed by atoms with Crippen LogP contribution in [0.1, 0.15) is 19.7 Å². The number of benzene rings is 1. The molecule has 0 aliphatic carbocycles. The lowest BCUT2D eigenvalue weighted by molar-refractivity contribution is 0.537. The van der Waals surface area contributed by atoms with Gasteiger partial charge in [-0.2, -0.15) is 9.78 Å². The van der Waals surface area contributed by atoms with E-state index in [1.165, 1.54) is 4.70 Å². The number of fused-ring (bicyclic) bond motifs is 1. The average Bonchev–Trinajstić information content (AvgIpc) is 3.03. The Morgan fingerprint density at radius 3 is 2.95 bits per heavy atom. The maximum atomic E-state index is 4.61. The monoisotopic (exact) mass is 287 g/mol. The molecule has 0 aliphatic rings. The summed E-state index contributed by atoms with van der Waals surface area (Å²) in [6.07, 6.45) is 1.58. The van der Waals surface area contributed by atoms with Gasteiger partial charge in [-0.25, -0.2) is 9.97 Å². The lowest BCUT2D eigenvalue weighted by Crippen LogP contribution is -2.21. The molecule has 5 nitrogen and oxygen atoms in total. The summed E-state index contributed by atoms with van der Waals surface area (Å²) in [6.45, 7) is 6.04. The number of thiazole rings is 1.